The SMILES string of the molecule is CCOc1ccc(/C(O)=C2/C(=O)C(=O)N(CCN(C)C)C2c2ccccc2)cc1C(C)(C)C. The number of likely N-dealkylation sites (N-methyl/N-ethyl adjacent to an activating group) is 1. The maximum absolute atomic E-state index is 13.2. The summed E-state index contributed by atoms with van der Waals surface area (Å²) in [6, 6.07) is 14.2. The zero-order chi connectivity index (χ0) is 24.3. The number of carbonyl (C=O) groups is 2. The van der Waals surface area contributed by atoms with Gasteiger partial charge in [-0.15, -0.1) is 0 Å². The number of rotatable bonds is 7. The van der Waals surface area contributed by atoms with Crippen LogP contribution in [0.2, 0.25) is 0 Å². The lowest BCUT2D eigenvalue weighted by Gasteiger charge is -2.27. The predicted octanol–water partition coefficient (Wildman–Crippen LogP) is 4.37. The lowest BCUT2D eigenvalue weighted by Crippen LogP contribution is -2.35. The van der Waals surface area contributed by atoms with Crippen molar-refractivity contribution in [2.24, 2.45) is 0 Å². The van der Waals surface area contributed by atoms with Crippen molar-refractivity contribution in [3.05, 3.63) is 70.8 Å². The molecule has 1 atom stereocenters. The Morgan fingerprint density at radius 2 is 1.76 bits per heavy atom. The predicted molar refractivity (Wildman–Crippen MR) is 130 cm³/mol. The Bertz CT molecular complexity index is 1050. The molecule has 6 nitrogen and oxygen atoms in total. The summed E-state index contributed by atoms with van der Waals surface area (Å²) < 4.78 is 5.79. The molecule has 0 radical (unpaired) electrons. The molecule has 1 N–H and O–H groups in total. The third kappa shape index (κ3) is 5.11. The van der Waals surface area contributed by atoms with Crippen LogP contribution in [0.5, 0.6) is 5.75 Å². The van der Waals surface area contributed by atoms with Crippen molar-refractivity contribution in [1.82, 2.24) is 9.80 Å². The fourth-order valence-corrected chi connectivity index (χ4v) is 4.10. The van der Waals surface area contributed by atoms with Crippen molar-refractivity contribution >= 4 is 17.4 Å². The van der Waals surface area contributed by atoms with Gasteiger partial charge in [0.2, 0.25) is 0 Å². The highest BCUT2D eigenvalue weighted by atomic mass is 16.5. The minimum Gasteiger partial charge on any atom is -0.507 e. The highest BCUT2D eigenvalue weighted by Crippen LogP contribution is 2.40. The third-order valence-corrected chi connectivity index (χ3v) is 5.80. The average Bonchev–Trinajstić information content (AvgIpc) is 3.02. The molecule has 0 aliphatic carbocycles. The fraction of sp³-hybridized carbons (Fsp3) is 0.407. The van der Waals surface area contributed by atoms with Gasteiger partial charge in [0.15, 0.2) is 0 Å². The minimum atomic E-state index is -0.661. The first kappa shape index (κ1) is 24.5. The summed E-state index contributed by atoms with van der Waals surface area (Å²) in [5, 5.41) is 11.4. The number of amides is 1. The van der Waals surface area contributed by atoms with Crippen molar-refractivity contribution in [3.8, 4) is 5.75 Å². The average molecular weight is 451 g/mol. The van der Waals surface area contributed by atoms with Gasteiger partial charge in [0.1, 0.15) is 11.5 Å². The molecule has 176 valence electrons. The van der Waals surface area contributed by atoms with Crippen molar-refractivity contribution in [2.75, 3.05) is 33.8 Å². The molecule has 1 saturated heterocycles. The van der Waals surface area contributed by atoms with E-state index in [4.69, 9.17) is 4.74 Å². The van der Waals surface area contributed by atoms with Crippen LogP contribution in [0.15, 0.2) is 54.1 Å². The Morgan fingerprint density at radius 1 is 1.09 bits per heavy atom. The summed E-state index contributed by atoms with van der Waals surface area (Å²) in [7, 11) is 3.84. The number of hydrogen-bond acceptors (Lipinski definition) is 5. The van der Waals surface area contributed by atoms with Gasteiger partial charge in [0.05, 0.1) is 18.2 Å². The molecule has 0 spiro atoms. The molecule has 2 aromatic carbocycles. The number of hydrogen-bond donors (Lipinski definition) is 1. The maximum atomic E-state index is 13.2. The highest BCUT2D eigenvalue weighted by molar-refractivity contribution is 6.46. The van der Waals surface area contributed by atoms with Gasteiger partial charge < -0.3 is 19.6 Å². The zero-order valence-electron chi connectivity index (χ0n) is 20.4. The minimum absolute atomic E-state index is 0.119. The van der Waals surface area contributed by atoms with Gasteiger partial charge >= 0.3 is 0 Å². The molecular formula is C27H34N2O4. The van der Waals surface area contributed by atoms with Crippen LogP contribution in [0.3, 0.4) is 0 Å². The summed E-state index contributed by atoms with van der Waals surface area (Å²) in [4.78, 5) is 29.7. The van der Waals surface area contributed by atoms with Crippen LogP contribution in [-0.4, -0.2) is 60.4 Å². The molecule has 3 rings (SSSR count). The molecule has 0 bridgehead atoms. The first-order valence-electron chi connectivity index (χ1n) is 11.3. The molecule has 1 amide bonds. The van der Waals surface area contributed by atoms with Crippen LogP contribution in [0.4, 0.5) is 0 Å². The second-order valence-corrected chi connectivity index (χ2v) is 9.60. The number of ketones is 1. The third-order valence-electron chi connectivity index (χ3n) is 5.80. The Kier molecular flexibility index (Phi) is 7.28. The van der Waals surface area contributed by atoms with Gasteiger partial charge in [0.25, 0.3) is 11.7 Å². The number of likely N-dealkylation sites (tertiary alicyclic amines) is 1. The molecule has 0 aromatic heterocycles. The van der Waals surface area contributed by atoms with Crippen molar-refractivity contribution < 1.29 is 19.4 Å². The van der Waals surface area contributed by atoms with Crippen molar-refractivity contribution in [1.29, 1.82) is 0 Å². The van der Waals surface area contributed by atoms with E-state index in [0.29, 0.717) is 25.3 Å². The number of Topliss-reactive ketones (excluding diaryl/α,β-unsaturated/α-hetero) is 1. The quantitative estimate of drug-likeness (QED) is 0.385. The highest BCUT2D eigenvalue weighted by Gasteiger charge is 2.45. The smallest absolute Gasteiger partial charge is 0.295 e. The van der Waals surface area contributed by atoms with Gasteiger partial charge in [-0.05, 0) is 50.2 Å². The van der Waals surface area contributed by atoms with Crippen molar-refractivity contribution in [2.45, 2.75) is 39.2 Å². The van der Waals surface area contributed by atoms with Crippen LogP contribution >= 0.6 is 0 Å². The van der Waals surface area contributed by atoms with E-state index >= 15 is 0 Å². The van der Waals surface area contributed by atoms with E-state index < -0.39 is 17.7 Å². The number of benzene rings is 2. The topological polar surface area (TPSA) is 70.1 Å². The van der Waals surface area contributed by atoms with E-state index in [1.807, 2.05) is 68.4 Å². The molecule has 33 heavy (non-hydrogen) atoms. The van der Waals surface area contributed by atoms with Crippen LogP contribution < -0.4 is 4.74 Å². The fourth-order valence-electron chi connectivity index (χ4n) is 4.10. The maximum Gasteiger partial charge on any atom is 0.295 e. The number of aliphatic hydroxyl groups is 1. The van der Waals surface area contributed by atoms with E-state index in [2.05, 4.69) is 20.8 Å². The molecule has 1 aliphatic rings. The van der Waals surface area contributed by atoms with Crippen molar-refractivity contribution in [3.63, 3.8) is 0 Å². The molecule has 0 saturated carbocycles. The number of nitrogens with zero attached hydrogens (tertiary/aromatic N) is 2. The Labute approximate surface area is 196 Å². The molecule has 1 aliphatic heterocycles. The molecule has 2 aromatic rings. The monoisotopic (exact) mass is 450 g/mol. The first-order chi connectivity index (χ1) is 15.6. The summed E-state index contributed by atoms with van der Waals surface area (Å²) in [5.74, 6) is -0.670. The van der Waals surface area contributed by atoms with E-state index in [-0.39, 0.29) is 16.7 Å². The van der Waals surface area contributed by atoms with Gasteiger partial charge in [-0.3, -0.25) is 9.59 Å². The van der Waals surface area contributed by atoms with Crippen LogP contribution in [-0.2, 0) is 15.0 Å². The summed E-state index contributed by atoms with van der Waals surface area (Å²) in [6.07, 6.45) is 0. The lowest BCUT2D eigenvalue weighted by atomic mass is 9.84. The van der Waals surface area contributed by atoms with Crippen LogP contribution in [0, 0.1) is 0 Å². The molecule has 1 fully saturated rings. The van der Waals surface area contributed by atoms with Gasteiger partial charge in [-0.1, -0.05) is 51.1 Å². The summed E-state index contributed by atoms with van der Waals surface area (Å²) in [6.45, 7) is 9.64. The van der Waals surface area contributed by atoms with E-state index in [9.17, 15) is 14.7 Å². The standard InChI is InChI=1S/C27H34N2O4/c1-7-33-21-14-13-19(17-20(21)27(2,3)4)24(30)22-23(18-11-9-8-10-12-18)29(16-15-28(5)6)26(32)25(22)31/h8-14,17,23,30H,7,15-16H2,1-6H3/b24-22-. The summed E-state index contributed by atoms with van der Waals surface area (Å²) in [5.41, 5.74) is 2.09. The summed E-state index contributed by atoms with van der Waals surface area (Å²) >= 11 is 0. The molecule has 6 heteroatoms. The number of carbonyl (C=O) groups excluding carboxylic acids is 2. The van der Waals surface area contributed by atoms with Gasteiger partial charge in [0, 0.05) is 24.2 Å². The van der Waals surface area contributed by atoms with E-state index in [1.54, 1.807) is 11.0 Å². The first-order valence-corrected chi connectivity index (χ1v) is 11.3. The molecular weight excluding hydrogens is 416 g/mol. The molecule has 1 heterocycles. The Morgan fingerprint density at radius 3 is 2.33 bits per heavy atom. The van der Waals surface area contributed by atoms with Gasteiger partial charge in [-0.2, -0.15) is 0 Å². The second kappa shape index (κ2) is 9.79. The zero-order valence-corrected chi connectivity index (χ0v) is 20.4. The molecule has 1 unspecified atom stereocenters. The van der Waals surface area contributed by atoms with E-state index in [1.165, 1.54) is 0 Å². The van der Waals surface area contributed by atoms with Crippen LogP contribution in [0.25, 0.3) is 5.76 Å². The largest absolute Gasteiger partial charge is 0.507 e. The number of aliphatic hydroxyl groups excluding tert-OH is 1. The van der Waals surface area contributed by atoms with E-state index in [0.717, 1.165) is 16.9 Å². The number of ether oxygens (including phenoxy) is 1. The Hall–Kier alpha value is -3.12. The van der Waals surface area contributed by atoms with Crippen LogP contribution in [0.1, 0.15) is 50.4 Å². The second-order valence-electron chi connectivity index (χ2n) is 9.60. The normalized spacial score (nSPS) is 18.3. The Balaban J connectivity index is 2.17. The van der Waals surface area contributed by atoms with Gasteiger partial charge in [-0.25, -0.2) is 0 Å². The lowest BCUT2D eigenvalue weighted by molar-refractivity contribution is -0.140.